The molecule has 0 unspecified atom stereocenters. The van der Waals surface area contributed by atoms with Crippen LogP contribution in [-0.4, -0.2) is 21.2 Å². The van der Waals surface area contributed by atoms with Crippen molar-refractivity contribution < 1.29 is 13.6 Å². The van der Waals surface area contributed by atoms with E-state index in [4.69, 9.17) is 0 Å². The van der Waals surface area contributed by atoms with E-state index in [0.717, 1.165) is 26.8 Å². The van der Waals surface area contributed by atoms with Gasteiger partial charge in [-0.25, -0.2) is 4.98 Å². The third kappa shape index (κ3) is 3.59. The number of aryl methyl sites for hydroxylation is 1. The van der Waals surface area contributed by atoms with Gasteiger partial charge >= 0.3 is 6.55 Å². The van der Waals surface area contributed by atoms with Crippen LogP contribution < -0.4 is 5.32 Å². The summed E-state index contributed by atoms with van der Waals surface area (Å²) in [5.41, 5.74) is 1.99. The van der Waals surface area contributed by atoms with Gasteiger partial charge in [0.05, 0.1) is 23.3 Å². The van der Waals surface area contributed by atoms with Crippen molar-refractivity contribution >= 4 is 40.0 Å². The molecular weight excluding hydrogens is 352 g/mol. The van der Waals surface area contributed by atoms with Crippen molar-refractivity contribution in [2.75, 3.05) is 5.75 Å². The predicted octanol–water partition coefficient (Wildman–Crippen LogP) is 4.21. The maximum absolute atomic E-state index is 13.3. The highest BCUT2D eigenvalue weighted by Crippen LogP contribution is 2.29. The van der Waals surface area contributed by atoms with Crippen molar-refractivity contribution in [3.63, 3.8) is 0 Å². The summed E-state index contributed by atoms with van der Waals surface area (Å²) in [5.74, 6) is -0.166. The van der Waals surface area contributed by atoms with Crippen LogP contribution in [-0.2, 0) is 11.3 Å². The van der Waals surface area contributed by atoms with Crippen LogP contribution in [0.4, 0.5) is 8.78 Å². The number of hydrogen-bond donors (Lipinski definition) is 1. The summed E-state index contributed by atoms with van der Waals surface area (Å²) in [4.78, 5) is 17.3. The molecule has 0 aliphatic heterocycles. The third-order valence-electron chi connectivity index (χ3n) is 3.51. The first kappa shape index (κ1) is 16.9. The normalized spacial score (nSPS) is 11.3. The van der Waals surface area contributed by atoms with Crippen LogP contribution >= 0.6 is 23.1 Å². The Hall–Kier alpha value is -1.93. The molecule has 24 heavy (non-hydrogen) atoms. The smallest absolute Gasteiger partial charge is 0.321 e. The lowest BCUT2D eigenvalue weighted by Crippen LogP contribution is -2.24. The van der Waals surface area contributed by atoms with Crippen LogP contribution in [0.3, 0.4) is 0 Å². The first-order valence-electron chi connectivity index (χ1n) is 7.24. The largest absolute Gasteiger partial charge is 0.350 e. The number of imidazole rings is 1. The molecule has 0 radical (unpaired) electrons. The lowest BCUT2D eigenvalue weighted by Gasteiger charge is -2.07. The van der Waals surface area contributed by atoms with Gasteiger partial charge in [-0.15, -0.1) is 11.3 Å². The number of amides is 1. The molecule has 8 heteroatoms. The van der Waals surface area contributed by atoms with Gasteiger partial charge in [-0.05, 0) is 36.1 Å². The molecule has 2 heterocycles. The van der Waals surface area contributed by atoms with Crippen molar-refractivity contribution in [3.8, 4) is 0 Å². The molecule has 2 aromatic heterocycles. The Morgan fingerprint density at radius 3 is 2.88 bits per heavy atom. The second kappa shape index (κ2) is 7.31. The van der Waals surface area contributed by atoms with Crippen LogP contribution in [0.1, 0.15) is 17.0 Å². The van der Waals surface area contributed by atoms with E-state index >= 15 is 0 Å². The van der Waals surface area contributed by atoms with Gasteiger partial charge in [0, 0.05) is 4.88 Å². The zero-order valence-electron chi connectivity index (χ0n) is 12.8. The van der Waals surface area contributed by atoms with Crippen molar-refractivity contribution in [1.29, 1.82) is 0 Å². The fraction of sp³-hybridized carbons (Fsp3) is 0.250. The maximum atomic E-state index is 13.3. The molecule has 1 aromatic carbocycles. The molecule has 0 aliphatic rings. The Balaban J connectivity index is 1.66. The number of rotatable bonds is 6. The minimum Gasteiger partial charge on any atom is -0.350 e. The standard InChI is InChI=1S/C16H15F2N3OS2/c1-10-6-7-23-13(10)8-19-14(22)9-24-16-20-11-4-2-3-5-12(11)21(16)15(17)18/h2-7,15H,8-9H2,1H3,(H,19,22). The Kier molecular flexibility index (Phi) is 5.15. The van der Waals surface area contributed by atoms with Gasteiger partial charge in [-0.2, -0.15) is 8.78 Å². The van der Waals surface area contributed by atoms with E-state index in [9.17, 15) is 13.6 Å². The molecule has 0 aliphatic carbocycles. The molecule has 0 fully saturated rings. The zero-order valence-corrected chi connectivity index (χ0v) is 14.5. The van der Waals surface area contributed by atoms with Crippen LogP contribution in [0.5, 0.6) is 0 Å². The van der Waals surface area contributed by atoms with E-state index in [1.165, 1.54) is 0 Å². The minimum atomic E-state index is -2.70. The number of aromatic nitrogens is 2. The average molecular weight is 367 g/mol. The van der Waals surface area contributed by atoms with Gasteiger partial charge in [0.2, 0.25) is 5.91 Å². The quantitative estimate of drug-likeness (QED) is 0.664. The lowest BCUT2D eigenvalue weighted by atomic mass is 10.3. The third-order valence-corrected chi connectivity index (χ3v) is 5.48. The van der Waals surface area contributed by atoms with E-state index in [1.807, 2.05) is 18.4 Å². The number of thiophene rings is 1. The molecule has 0 atom stereocenters. The monoisotopic (exact) mass is 367 g/mol. The second-order valence-corrected chi connectivity index (χ2v) is 7.07. The summed E-state index contributed by atoms with van der Waals surface area (Å²) in [6.07, 6.45) is 0. The molecule has 0 spiro atoms. The number of fused-ring (bicyclic) bond motifs is 1. The summed E-state index contributed by atoms with van der Waals surface area (Å²) < 4.78 is 27.5. The van der Waals surface area contributed by atoms with Crippen molar-refractivity contribution in [2.24, 2.45) is 0 Å². The minimum absolute atomic E-state index is 0.0421. The number of benzene rings is 1. The van der Waals surface area contributed by atoms with Gasteiger partial charge in [-0.1, -0.05) is 23.9 Å². The summed E-state index contributed by atoms with van der Waals surface area (Å²) in [6, 6.07) is 8.70. The first-order valence-corrected chi connectivity index (χ1v) is 9.10. The first-order chi connectivity index (χ1) is 11.6. The van der Waals surface area contributed by atoms with E-state index in [0.29, 0.717) is 17.6 Å². The van der Waals surface area contributed by atoms with Crippen LogP contribution in [0.25, 0.3) is 11.0 Å². The molecule has 4 nitrogen and oxygen atoms in total. The lowest BCUT2D eigenvalue weighted by molar-refractivity contribution is -0.118. The number of nitrogens with zero attached hydrogens (tertiary/aromatic N) is 2. The number of alkyl halides is 2. The molecule has 126 valence electrons. The van der Waals surface area contributed by atoms with Crippen molar-refractivity contribution in [3.05, 3.63) is 46.2 Å². The predicted molar refractivity (Wildman–Crippen MR) is 92.6 cm³/mol. The SMILES string of the molecule is Cc1ccsc1CNC(=O)CSc1nc2ccccc2n1C(F)F. The highest BCUT2D eigenvalue weighted by Gasteiger charge is 2.18. The number of nitrogens with one attached hydrogen (secondary N) is 1. The van der Waals surface area contributed by atoms with Crippen molar-refractivity contribution in [2.45, 2.75) is 25.2 Å². The topological polar surface area (TPSA) is 46.9 Å². The van der Waals surface area contributed by atoms with Crippen LogP contribution in [0.2, 0.25) is 0 Å². The number of thioether (sulfide) groups is 1. The van der Waals surface area contributed by atoms with Gasteiger partial charge in [-0.3, -0.25) is 9.36 Å². The number of hydrogen-bond acceptors (Lipinski definition) is 4. The molecule has 0 bridgehead atoms. The Bertz CT molecular complexity index is 860. The number of carbonyl (C=O) groups is 1. The highest BCUT2D eigenvalue weighted by molar-refractivity contribution is 7.99. The average Bonchev–Trinajstić information content (AvgIpc) is 3.13. The number of para-hydroxylation sites is 2. The van der Waals surface area contributed by atoms with E-state index in [2.05, 4.69) is 10.3 Å². The number of halogens is 2. The van der Waals surface area contributed by atoms with Gasteiger partial charge in [0.25, 0.3) is 0 Å². The molecule has 1 amide bonds. The van der Waals surface area contributed by atoms with E-state index < -0.39 is 6.55 Å². The molecule has 0 saturated carbocycles. The fourth-order valence-corrected chi connectivity index (χ4v) is 3.95. The molecule has 3 rings (SSSR count). The Labute approximate surface area is 145 Å². The molecular formula is C16H15F2N3OS2. The van der Waals surface area contributed by atoms with Gasteiger partial charge in [0.15, 0.2) is 5.16 Å². The van der Waals surface area contributed by atoms with Crippen LogP contribution in [0.15, 0.2) is 40.9 Å². The number of carbonyl (C=O) groups excluding carboxylic acids is 1. The summed E-state index contributed by atoms with van der Waals surface area (Å²) in [7, 11) is 0. The summed E-state index contributed by atoms with van der Waals surface area (Å²) in [5, 5.41) is 4.92. The zero-order chi connectivity index (χ0) is 17.1. The van der Waals surface area contributed by atoms with Gasteiger partial charge < -0.3 is 5.32 Å². The highest BCUT2D eigenvalue weighted by atomic mass is 32.2. The van der Waals surface area contributed by atoms with E-state index in [-0.39, 0.29) is 16.8 Å². The van der Waals surface area contributed by atoms with Crippen LogP contribution in [0, 0.1) is 6.92 Å². The molecule has 1 N–H and O–H groups in total. The second-order valence-electron chi connectivity index (χ2n) is 5.12. The fourth-order valence-electron chi connectivity index (χ4n) is 2.26. The molecule has 0 saturated heterocycles. The maximum Gasteiger partial charge on any atom is 0.321 e. The Morgan fingerprint density at radius 2 is 2.17 bits per heavy atom. The van der Waals surface area contributed by atoms with E-state index in [1.54, 1.807) is 35.6 Å². The summed E-state index contributed by atoms with van der Waals surface area (Å²) in [6.45, 7) is -0.261. The van der Waals surface area contributed by atoms with Crippen molar-refractivity contribution in [1.82, 2.24) is 14.9 Å². The molecule has 3 aromatic rings. The Morgan fingerprint density at radius 1 is 1.38 bits per heavy atom. The van der Waals surface area contributed by atoms with Gasteiger partial charge in [0.1, 0.15) is 0 Å². The summed E-state index contributed by atoms with van der Waals surface area (Å²) >= 11 is 2.59.